The number of piperidine rings is 1. The molecule has 2 saturated heterocycles. The highest BCUT2D eigenvalue weighted by molar-refractivity contribution is 6.34. The van der Waals surface area contributed by atoms with E-state index in [1.807, 2.05) is 12.1 Å². The van der Waals surface area contributed by atoms with E-state index < -0.39 is 5.91 Å². The number of amides is 1. The Morgan fingerprint density at radius 3 is 2.47 bits per heavy atom. The van der Waals surface area contributed by atoms with Gasteiger partial charge in [-0.25, -0.2) is 0 Å². The van der Waals surface area contributed by atoms with Crippen LogP contribution >= 0.6 is 11.6 Å². The van der Waals surface area contributed by atoms with Gasteiger partial charge in [-0.1, -0.05) is 17.7 Å². The Hall–Kier alpha value is -1.26. The van der Waals surface area contributed by atoms with E-state index in [-0.39, 0.29) is 6.04 Å². The van der Waals surface area contributed by atoms with Gasteiger partial charge in [0, 0.05) is 18.1 Å². The molecule has 0 radical (unpaired) electrons. The summed E-state index contributed by atoms with van der Waals surface area (Å²) >= 11 is 6.14. The summed E-state index contributed by atoms with van der Waals surface area (Å²) in [4.78, 5) is 14.0. The Balaban J connectivity index is 2.04. The van der Waals surface area contributed by atoms with E-state index in [9.17, 15) is 4.79 Å². The van der Waals surface area contributed by atoms with Crippen LogP contribution in [0.2, 0.25) is 5.02 Å². The first-order valence-electron chi connectivity index (χ1n) is 6.70. The fraction of sp³-hybridized carbons (Fsp3) is 0.500. The van der Waals surface area contributed by atoms with Gasteiger partial charge in [-0.05, 0) is 37.8 Å². The zero-order valence-corrected chi connectivity index (χ0v) is 11.4. The predicted octanol–water partition coefficient (Wildman–Crippen LogP) is 1.90. The summed E-state index contributed by atoms with van der Waals surface area (Å²) in [5.74, 6) is -0.463. The molecule has 2 atom stereocenters. The average molecular weight is 280 g/mol. The third kappa shape index (κ3) is 2.09. The second-order valence-electron chi connectivity index (χ2n) is 5.52. The van der Waals surface area contributed by atoms with Gasteiger partial charge in [0.05, 0.1) is 16.3 Å². The van der Waals surface area contributed by atoms with Crippen LogP contribution in [0.15, 0.2) is 18.2 Å². The van der Waals surface area contributed by atoms with Crippen molar-refractivity contribution in [3.05, 3.63) is 28.8 Å². The first-order chi connectivity index (χ1) is 9.08. The molecule has 1 aromatic rings. The number of carbonyl (C=O) groups excluding carboxylic acids is 1. The van der Waals surface area contributed by atoms with Gasteiger partial charge >= 0.3 is 0 Å². The van der Waals surface area contributed by atoms with Crippen LogP contribution in [0.5, 0.6) is 0 Å². The lowest BCUT2D eigenvalue weighted by molar-refractivity contribution is 0.100. The van der Waals surface area contributed by atoms with Crippen molar-refractivity contribution >= 4 is 23.2 Å². The Kier molecular flexibility index (Phi) is 3.15. The van der Waals surface area contributed by atoms with Gasteiger partial charge in [-0.2, -0.15) is 0 Å². The second kappa shape index (κ2) is 4.69. The maximum atomic E-state index is 11.7. The molecule has 102 valence electrons. The molecule has 5 heteroatoms. The molecule has 1 amide bonds. The zero-order chi connectivity index (χ0) is 13.6. The lowest BCUT2D eigenvalue weighted by atomic mass is 9.96. The number of anilines is 1. The van der Waals surface area contributed by atoms with Gasteiger partial charge in [0.1, 0.15) is 0 Å². The van der Waals surface area contributed by atoms with E-state index in [0.717, 1.165) is 31.4 Å². The largest absolute Gasteiger partial charge is 0.365 e. The molecule has 0 saturated carbocycles. The molecule has 2 unspecified atom stereocenters. The smallest absolute Gasteiger partial charge is 0.252 e. The molecule has 4 nitrogen and oxygen atoms in total. The van der Waals surface area contributed by atoms with Gasteiger partial charge in [0.15, 0.2) is 0 Å². The SMILES string of the molecule is NC(=O)c1c(Cl)cccc1N1C2CCC1CC(N)C2. The highest BCUT2D eigenvalue weighted by Crippen LogP contribution is 2.41. The Morgan fingerprint density at radius 2 is 1.89 bits per heavy atom. The zero-order valence-electron chi connectivity index (χ0n) is 10.7. The molecule has 0 aromatic heterocycles. The molecule has 3 rings (SSSR count). The molecule has 19 heavy (non-hydrogen) atoms. The van der Waals surface area contributed by atoms with Crippen LogP contribution < -0.4 is 16.4 Å². The molecule has 2 aliphatic rings. The molecule has 2 fully saturated rings. The maximum absolute atomic E-state index is 11.7. The van der Waals surface area contributed by atoms with E-state index in [4.69, 9.17) is 23.1 Å². The third-order valence-corrected chi connectivity index (χ3v) is 4.60. The number of rotatable bonds is 2. The molecule has 0 spiro atoms. The van der Waals surface area contributed by atoms with Crippen molar-refractivity contribution in [3.63, 3.8) is 0 Å². The van der Waals surface area contributed by atoms with Crippen molar-refractivity contribution in [2.75, 3.05) is 4.90 Å². The van der Waals surface area contributed by atoms with Gasteiger partial charge in [-0.15, -0.1) is 0 Å². The number of fused-ring (bicyclic) bond motifs is 2. The number of halogens is 1. The first kappa shape index (κ1) is 12.8. The molecule has 2 heterocycles. The van der Waals surface area contributed by atoms with Crippen LogP contribution in [0.1, 0.15) is 36.0 Å². The highest BCUT2D eigenvalue weighted by Gasteiger charge is 2.40. The summed E-state index contributed by atoms with van der Waals surface area (Å²) in [5.41, 5.74) is 12.9. The summed E-state index contributed by atoms with van der Waals surface area (Å²) in [6.45, 7) is 0. The van der Waals surface area contributed by atoms with E-state index in [0.29, 0.717) is 22.7 Å². The van der Waals surface area contributed by atoms with Crippen LogP contribution in [0.25, 0.3) is 0 Å². The Labute approximate surface area is 117 Å². The number of nitrogens with zero attached hydrogens (tertiary/aromatic N) is 1. The van der Waals surface area contributed by atoms with Gasteiger partial charge in [-0.3, -0.25) is 4.79 Å². The topological polar surface area (TPSA) is 72.4 Å². The quantitative estimate of drug-likeness (QED) is 0.868. The van der Waals surface area contributed by atoms with Gasteiger partial charge in [0.25, 0.3) is 5.91 Å². The highest BCUT2D eigenvalue weighted by atomic mass is 35.5. The normalized spacial score (nSPS) is 29.6. The summed E-state index contributed by atoms with van der Waals surface area (Å²) in [6.07, 6.45) is 4.20. The van der Waals surface area contributed by atoms with E-state index >= 15 is 0 Å². The minimum absolute atomic E-state index is 0.268. The second-order valence-corrected chi connectivity index (χ2v) is 5.93. The molecule has 4 N–H and O–H groups in total. The lowest BCUT2D eigenvalue weighted by Gasteiger charge is -2.40. The minimum Gasteiger partial charge on any atom is -0.365 e. The van der Waals surface area contributed by atoms with Gasteiger partial charge in [0.2, 0.25) is 0 Å². The number of primary amides is 1. The van der Waals surface area contributed by atoms with Crippen LogP contribution in [0.3, 0.4) is 0 Å². The molecule has 2 bridgehead atoms. The van der Waals surface area contributed by atoms with Gasteiger partial charge < -0.3 is 16.4 Å². The van der Waals surface area contributed by atoms with Crippen molar-refractivity contribution in [2.45, 2.75) is 43.8 Å². The standard InChI is InChI=1S/C14H18ClN3O/c15-11-2-1-3-12(13(11)14(17)19)18-9-4-5-10(18)7-8(16)6-9/h1-3,8-10H,4-7,16H2,(H2,17,19). The number of nitrogens with two attached hydrogens (primary N) is 2. The molecular weight excluding hydrogens is 262 g/mol. The van der Waals surface area contributed by atoms with Crippen LogP contribution in [-0.2, 0) is 0 Å². The lowest BCUT2D eigenvalue weighted by Crippen LogP contribution is -2.48. The number of benzene rings is 1. The molecule has 0 aliphatic carbocycles. The minimum atomic E-state index is -0.463. The van der Waals surface area contributed by atoms with Crippen LogP contribution in [-0.4, -0.2) is 24.0 Å². The fourth-order valence-corrected chi connectivity index (χ4v) is 3.85. The first-order valence-corrected chi connectivity index (χ1v) is 7.08. The van der Waals surface area contributed by atoms with Crippen LogP contribution in [0.4, 0.5) is 5.69 Å². The monoisotopic (exact) mass is 279 g/mol. The van der Waals surface area contributed by atoms with E-state index in [2.05, 4.69) is 4.90 Å². The summed E-state index contributed by atoms with van der Waals surface area (Å²) in [6, 6.07) is 6.61. The van der Waals surface area contributed by atoms with Crippen LogP contribution in [0, 0.1) is 0 Å². The summed E-state index contributed by atoms with van der Waals surface area (Å²) < 4.78 is 0. The molecule has 1 aromatic carbocycles. The predicted molar refractivity (Wildman–Crippen MR) is 76.5 cm³/mol. The van der Waals surface area contributed by atoms with Crippen molar-refractivity contribution in [1.29, 1.82) is 0 Å². The molecule has 2 aliphatic heterocycles. The Morgan fingerprint density at radius 1 is 1.26 bits per heavy atom. The van der Waals surface area contributed by atoms with Crippen molar-refractivity contribution < 1.29 is 4.79 Å². The molecular formula is C14H18ClN3O. The average Bonchev–Trinajstić information content (AvgIpc) is 2.60. The number of carbonyl (C=O) groups is 1. The summed E-state index contributed by atoms with van der Waals surface area (Å²) in [5, 5.41) is 0.430. The van der Waals surface area contributed by atoms with E-state index in [1.165, 1.54) is 0 Å². The number of hydrogen-bond acceptors (Lipinski definition) is 3. The summed E-state index contributed by atoms with van der Waals surface area (Å²) in [7, 11) is 0. The van der Waals surface area contributed by atoms with Crippen molar-refractivity contribution in [1.82, 2.24) is 0 Å². The van der Waals surface area contributed by atoms with Crippen molar-refractivity contribution in [2.24, 2.45) is 11.5 Å². The Bertz CT molecular complexity index is 505. The number of hydrogen-bond donors (Lipinski definition) is 2. The van der Waals surface area contributed by atoms with Crippen molar-refractivity contribution in [3.8, 4) is 0 Å². The fourth-order valence-electron chi connectivity index (χ4n) is 3.58. The maximum Gasteiger partial charge on any atom is 0.252 e. The third-order valence-electron chi connectivity index (χ3n) is 4.29. The van der Waals surface area contributed by atoms with E-state index in [1.54, 1.807) is 6.07 Å².